The monoisotopic (exact) mass is 574 g/mol. The van der Waals surface area contributed by atoms with Crippen molar-refractivity contribution in [2.24, 2.45) is 11.3 Å². The fourth-order valence-corrected chi connectivity index (χ4v) is 5.86. The number of alkyl halides is 3. The molecule has 1 fully saturated rings. The van der Waals surface area contributed by atoms with E-state index in [1.165, 1.54) is 29.2 Å². The van der Waals surface area contributed by atoms with E-state index in [0.717, 1.165) is 24.8 Å². The summed E-state index contributed by atoms with van der Waals surface area (Å²) in [4.78, 5) is 31.4. The van der Waals surface area contributed by atoms with Crippen LogP contribution in [0.25, 0.3) is 11.0 Å². The van der Waals surface area contributed by atoms with E-state index in [4.69, 9.17) is 9.72 Å². The molecule has 1 saturated carbocycles. The van der Waals surface area contributed by atoms with Crippen molar-refractivity contribution in [1.29, 1.82) is 0 Å². The number of benzene rings is 2. The molecule has 1 aliphatic rings. The van der Waals surface area contributed by atoms with Crippen molar-refractivity contribution in [2.75, 3.05) is 25.5 Å². The average Bonchev–Trinajstić information content (AvgIpc) is 3.23. The Morgan fingerprint density at radius 1 is 1.15 bits per heavy atom. The molecule has 0 radical (unpaired) electrons. The van der Waals surface area contributed by atoms with Gasteiger partial charge in [0.1, 0.15) is 5.75 Å². The maximum absolute atomic E-state index is 13.3. The summed E-state index contributed by atoms with van der Waals surface area (Å²) in [5.74, 6) is 0.112. The van der Waals surface area contributed by atoms with E-state index in [2.05, 4.69) is 35.4 Å². The Morgan fingerprint density at radius 2 is 1.85 bits per heavy atom. The van der Waals surface area contributed by atoms with Crippen LogP contribution in [0, 0.1) is 11.3 Å². The SMILES string of the molecule is CCOC(=O)CCN(C)C(=O)c1ccc2nc(Nc3ccc(OC(F)(F)F)cc3)n(C3C[C@H](C)CC(C)(C)C3)c2c1. The van der Waals surface area contributed by atoms with Crippen LogP contribution in [-0.2, 0) is 9.53 Å². The predicted molar refractivity (Wildman–Crippen MR) is 150 cm³/mol. The number of carbonyl (C=O) groups excluding carboxylic acids is 2. The smallest absolute Gasteiger partial charge is 0.466 e. The van der Waals surface area contributed by atoms with Gasteiger partial charge >= 0.3 is 12.3 Å². The molecule has 0 bridgehead atoms. The third-order valence-corrected chi connectivity index (χ3v) is 7.31. The van der Waals surface area contributed by atoms with Crippen molar-refractivity contribution in [1.82, 2.24) is 14.5 Å². The first kappa shape index (κ1) is 30.2. The van der Waals surface area contributed by atoms with Crippen molar-refractivity contribution < 1.29 is 32.2 Å². The van der Waals surface area contributed by atoms with E-state index in [1.807, 2.05) is 6.07 Å². The Labute approximate surface area is 237 Å². The van der Waals surface area contributed by atoms with Crippen molar-refractivity contribution in [2.45, 2.75) is 65.8 Å². The number of nitrogens with zero attached hydrogens (tertiary/aromatic N) is 3. The highest BCUT2D eigenvalue weighted by atomic mass is 19.4. The number of amides is 1. The first-order valence-corrected chi connectivity index (χ1v) is 13.8. The van der Waals surface area contributed by atoms with Crippen LogP contribution < -0.4 is 10.1 Å². The molecule has 3 aromatic rings. The highest BCUT2D eigenvalue weighted by Gasteiger charge is 2.35. The third-order valence-electron chi connectivity index (χ3n) is 7.31. The van der Waals surface area contributed by atoms with Gasteiger partial charge in [0.15, 0.2) is 0 Å². The molecule has 1 heterocycles. The minimum atomic E-state index is -4.77. The molecule has 2 aromatic carbocycles. The van der Waals surface area contributed by atoms with E-state index >= 15 is 0 Å². The van der Waals surface area contributed by atoms with E-state index in [1.54, 1.807) is 26.1 Å². The molecule has 11 heteroatoms. The van der Waals surface area contributed by atoms with E-state index in [-0.39, 0.29) is 48.7 Å². The number of aromatic nitrogens is 2. The summed E-state index contributed by atoms with van der Waals surface area (Å²) in [6.45, 7) is 8.97. The van der Waals surface area contributed by atoms with Crippen LogP contribution in [-0.4, -0.2) is 52.9 Å². The second kappa shape index (κ2) is 12.0. The van der Waals surface area contributed by atoms with Gasteiger partial charge in [-0.15, -0.1) is 13.2 Å². The largest absolute Gasteiger partial charge is 0.573 e. The molecule has 41 heavy (non-hydrogen) atoms. The number of ether oxygens (including phenoxy) is 2. The molecule has 1 aromatic heterocycles. The normalized spacial score (nSPS) is 18.6. The Balaban J connectivity index is 1.68. The third kappa shape index (κ3) is 7.71. The van der Waals surface area contributed by atoms with Gasteiger partial charge in [0.2, 0.25) is 5.95 Å². The zero-order valence-corrected chi connectivity index (χ0v) is 24.0. The fraction of sp³-hybridized carbons (Fsp3) is 0.500. The van der Waals surface area contributed by atoms with Crippen LogP contribution in [0.5, 0.6) is 5.75 Å². The summed E-state index contributed by atoms with van der Waals surface area (Å²) in [6.07, 6.45) is -1.76. The van der Waals surface area contributed by atoms with E-state index in [0.29, 0.717) is 28.6 Å². The Morgan fingerprint density at radius 3 is 2.49 bits per heavy atom. The number of imidazole rings is 1. The quantitative estimate of drug-likeness (QED) is 0.275. The number of fused-ring (bicyclic) bond motifs is 1. The molecule has 1 unspecified atom stereocenters. The molecule has 2 atom stereocenters. The Kier molecular flexibility index (Phi) is 8.84. The number of carbonyl (C=O) groups is 2. The second-order valence-corrected chi connectivity index (χ2v) is 11.6. The Hall–Kier alpha value is -3.76. The van der Waals surface area contributed by atoms with Gasteiger partial charge in [-0.05, 0) is 80.0 Å². The molecule has 1 aliphatic carbocycles. The molecular weight excluding hydrogens is 537 g/mol. The zero-order valence-electron chi connectivity index (χ0n) is 24.0. The molecule has 1 amide bonds. The first-order valence-electron chi connectivity index (χ1n) is 13.8. The molecule has 4 rings (SSSR count). The lowest BCUT2D eigenvalue weighted by atomic mass is 9.70. The lowest BCUT2D eigenvalue weighted by Crippen LogP contribution is -2.30. The van der Waals surface area contributed by atoms with Gasteiger partial charge in [0, 0.05) is 30.9 Å². The van der Waals surface area contributed by atoms with Gasteiger partial charge < -0.3 is 24.3 Å². The lowest BCUT2D eigenvalue weighted by molar-refractivity contribution is -0.274. The van der Waals surface area contributed by atoms with Gasteiger partial charge in [-0.25, -0.2) is 4.98 Å². The summed E-state index contributed by atoms with van der Waals surface area (Å²) in [5.41, 5.74) is 2.57. The average molecular weight is 575 g/mol. The summed E-state index contributed by atoms with van der Waals surface area (Å²) < 4.78 is 48.9. The molecule has 0 spiro atoms. The number of hydrogen-bond donors (Lipinski definition) is 1. The van der Waals surface area contributed by atoms with Gasteiger partial charge in [0.25, 0.3) is 5.91 Å². The number of esters is 1. The molecule has 222 valence electrons. The molecule has 8 nitrogen and oxygen atoms in total. The topological polar surface area (TPSA) is 85.7 Å². The van der Waals surface area contributed by atoms with Gasteiger partial charge in [0.05, 0.1) is 24.1 Å². The maximum Gasteiger partial charge on any atom is 0.573 e. The van der Waals surface area contributed by atoms with Crippen molar-refractivity contribution >= 4 is 34.5 Å². The zero-order chi connectivity index (χ0) is 29.9. The van der Waals surface area contributed by atoms with Crippen molar-refractivity contribution in [3.05, 3.63) is 48.0 Å². The standard InChI is InChI=1S/C30H37F3N4O4/c1-6-40-26(38)13-14-36(5)27(39)20-7-12-24-25(16-20)37(22-15-19(2)17-29(3,4)18-22)28(35-24)34-21-8-10-23(11-9-21)41-30(31,32)33/h7-12,16,19,22H,6,13-15,17-18H2,1-5H3,(H,34,35)/t19-,22?/m0/s1. The molecular formula is C30H37F3N4O4. The number of anilines is 2. The summed E-state index contributed by atoms with van der Waals surface area (Å²) in [5, 5.41) is 3.28. The minimum absolute atomic E-state index is 0.0842. The number of nitrogens with one attached hydrogen (secondary N) is 1. The first-order chi connectivity index (χ1) is 19.2. The van der Waals surface area contributed by atoms with E-state index in [9.17, 15) is 22.8 Å². The van der Waals surface area contributed by atoms with Crippen molar-refractivity contribution in [3.8, 4) is 5.75 Å². The van der Waals surface area contributed by atoms with Crippen LogP contribution in [0.15, 0.2) is 42.5 Å². The van der Waals surface area contributed by atoms with Crippen LogP contribution in [0.4, 0.5) is 24.8 Å². The predicted octanol–water partition coefficient (Wildman–Crippen LogP) is 7.09. The minimum Gasteiger partial charge on any atom is -0.466 e. The number of hydrogen-bond acceptors (Lipinski definition) is 6. The van der Waals surface area contributed by atoms with Gasteiger partial charge in [-0.3, -0.25) is 9.59 Å². The molecule has 0 aliphatic heterocycles. The van der Waals surface area contributed by atoms with Gasteiger partial charge in [-0.1, -0.05) is 20.8 Å². The number of rotatable bonds is 9. The maximum atomic E-state index is 13.3. The van der Waals surface area contributed by atoms with Crippen LogP contribution >= 0.6 is 0 Å². The second-order valence-electron chi connectivity index (χ2n) is 11.6. The molecule has 1 N–H and O–H groups in total. The number of halogens is 3. The summed E-state index contributed by atoms with van der Waals surface area (Å²) in [7, 11) is 1.65. The highest BCUT2D eigenvalue weighted by Crippen LogP contribution is 2.46. The van der Waals surface area contributed by atoms with Crippen molar-refractivity contribution in [3.63, 3.8) is 0 Å². The highest BCUT2D eigenvalue weighted by molar-refractivity contribution is 5.98. The summed E-state index contributed by atoms with van der Waals surface area (Å²) in [6, 6.07) is 10.9. The lowest BCUT2D eigenvalue weighted by Gasteiger charge is -2.40. The summed E-state index contributed by atoms with van der Waals surface area (Å²) >= 11 is 0. The van der Waals surface area contributed by atoms with Crippen LogP contribution in [0.3, 0.4) is 0 Å². The van der Waals surface area contributed by atoms with E-state index < -0.39 is 6.36 Å². The Bertz CT molecular complexity index is 1380. The molecule has 0 saturated heterocycles. The van der Waals surface area contributed by atoms with Crippen LogP contribution in [0.2, 0.25) is 0 Å². The van der Waals surface area contributed by atoms with Crippen LogP contribution in [0.1, 0.15) is 69.8 Å². The van der Waals surface area contributed by atoms with Gasteiger partial charge in [-0.2, -0.15) is 0 Å². The fourth-order valence-electron chi connectivity index (χ4n) is 5.86.